The second-order valence-corrected chi connectivity index (χ2v) is 6.19. The summed E-state index contributed by atoms with van der Waals surface area (Å²) in [5.74, 6) is 0. The zero-order chi connectivity index (χ0) is 13.0. The van der Waals surface area contributed by atoms with Gasteiger partial charge in [-0.1, -0.05) is 0 Å². The molecule has 0 atom stereocenters. The second kappa shape index (κ2) is 5.42. The first kappa shape index (κ1) is 12.9. The van der Waals surface area contributed by atoms with E-state index in [1.807, 2.05) is 7.05 Å². The topological polar surface area (TPSA) is 84.0 Å². The Morgan fingerprint density at radius 3 is 2.72 bits per heavy atom. The molecule has 0 aromatic carbocycles. The highest BCUT2D eigenvalue weighted by Crippen LogP contribution is 2.21. The van der Waals surface area contributed by atoms with Crippen LogP contribution in [0.1, 0.15) is 4.88 Å². The molecule has 96 valence electrons. The average molecular weight is 284 g/mol. The number of aromatic nitrogens is 2. The third-order valence-corrected chi connectivity index (χ3v) is 4.55. The van der Waals surface area contributed by atoms with E-state index in [9.17, 15) is 8.42 Å². The number of sulfonamides is 1. The van der Waals surface area contributed by atoms with Crippen LogP contribution in [0.25, 0.3) is 0 Å². The molecule has 0 amide bonds. The van der Waals surface area contributed by atoms with Gasteiger partial charge in [0.2, 0.25) is 0 Å². The van der Waals surface area contributed by atoms with Crippen LogP contribution in [0.5, 0.6) is 0 Å². The fourth-order valence-electron chi connectivity index (χ4n) is 1.33. The van der Waals surface area contributed by atoms with Crippen LogP contribution >= 0.6 is 11.3 Å². The number of nitrogens with one attached hydrogen (secondary N) is 2. The van der Waals surface area contributed by atoms with Gasteiger partial charge in [-0.3, -0.25) is 4.72 Å². The molecule has 6 nitrogen and oxygen atoms in total. The molecular weight excluding hydrogens is 272 g/mol. The lowest BCUT2D eigenvalue weighted by Gasteiger charge is -2.04. The Kier molecular flexibility index (Phi) is 3.90. The van der Waals surface area contributed by atoms with Crippen molar-refractivity contribution in [3.8, 4) is 0 Å². The van der Waals surface area contributed by atoms with Crippen molar-refractivity contribution in [2.45, 2.75) is 11.4 Å². The molecule has 8 heteroatoms. The van der Waals surface area contributed by atoms with E-state index in [-0.39, 0.29) is 4.90 Å². The lowest BCUT2D eigenvalue weighted by Crippen LogP contribution is -2.12. The smallest absolute Gasteiger partial charge is 0.262 e. The van der Waals surface area contributed by atoms with Crippen molar-refractivity contribution in [1.82, 2.24) is 15.3 Å². The normalized spacial score (nSPS) is 11.4. The molecule has 0 aliphatic heterocycles. The number of hydrogen-bond donors (Lipinski definition) is 2. The van der Waals surface area contributed by atoms with Crippen molar-refractivity contribution in [2.24, 2.45) is 0 Å². The predicted octanol–water partition coefficient (Wildman–Crippen LogP) is 1.06. The number of rotatable bonds is 5. The molecule has 2 heterocycles. The van der Waals surface area contributed by atoms with Gasteiger partial charge in [0.05, 0.1) is 23.0 Å². The molecule has 18 heavy (non-hydrogen) atoms. The summed E-state index contributed by atoms with van der Waals surface area (Å²) in [6, 6.07) is 1.65. The first-order valence-corrected chi connectivity index (χ1v) is 7.48. The van der Waals surface area contributed by atoms with E-state index < -0.39 is 10.0 Å². The highest BCUT2D eigenvalue weighted by molar-refractivity contribution is 7.92. The van der Waals surface area contributed by atoms with Gasteiger partial charge in [-0.25, -0.2) is 18.4 Å². The zero-order valence-electron chi connectivity index (χ0n) is 9.62. The van der Waals surface area contributed by atoms with Gasteiger partial charge in [0.1, 0.15) is 6.33 Å². The van der Waals surface area contributed by atoms with Crippen LogP contribution in [0.3, 0.4) is 0 Å². The minimum Gasteiger partial charge on any atom is -0.315 e. The molecule has 2 N–H and O–H groups in total. The van der Waals surface area contributed by atoms with E-state index in [2.05, 4.69) is 20.0 Å². The van der Waals surface area contributed by atoms with Crippen molar-refractivity contribution in [3.05, 3.63) is 35.0 Å². The third-order valence-electron chi connectivity index (χ3n) is 2.10. The van der Waals surface area contributed by atoms with E-state index >= 15 is 0 Å². The average Bonchev–Trinajstić information content (AvgIpc) is 2.80. The van der Waals surface area contributed by atoms with Crippen LogP contribution in [0.15, 0.2) is 35.1 Å². The maximum atomic E-state index is 12.0. The van der Waals surface area contributed by atoms with Crippen molar-refractivity contribution < 1.29 is 8.42 Å². The van der Waals surface area contributed by atoms with Crippen LogP contribution in [-0.4, -0.2) is 25.4 Å². The van der Waals surface area contributed by atoms with Gasteiger partial charge in [0.15, 0.2) is 0 Å². The van der Waals surface area contributed by atoms with Crippen LogP contribution in [0.2, 0.25) is 0 Å². The first-order chi connectivity index (χ1) is 8.62. The Hall–Kier alpha value is -1.51. The molecule has 0 aliphatic rings. The Bertz CT molecular complexity index is 610. The minimum atomic E-state index is -3.56. The molecule has 2 aromatic rings. The van der Waals surface area contributed by atoms with Gasteiger partial charge in [-0.15, -0.1) is 11.3 Å². The van der Waals surface area contributed by atoms with Gasteiger partial charge in [-0.2, -0.15) is 0 Å². The van der Waals surface area contributed by atoms with Gasteiger partial charge < -0.3 is 5.32 Å². The Balaban J connectivity index is 2.20. The number of thiophene rings is 1. The minimum absolute atomic E-state index is 0.251. The van der Waals surface area contributed by atoms with E-state index in [1.54, 1.807) is 11.4 Å². The van der Waals surface area contributed by atoms with Crippen LogP contribution in [0.4, 0.5) is 5.69 Å². The van der Waals surface area contributed by atoms with Gasteiger partial charge in [-0.05, 0) is 13.1 Å². The van der Waals surface area contributed by atoms with E-state index in [0.717, 1.165) is 4.88 Å². The highest BCUT2D eigenvalue weighted by Gasteiger charge is 2.16. The Morgan fingerprint density at radius 2 is 2.06 bits per heavy atom. The van der Waals surface area contributed by atoms with Gasteiger partial charge in [0.25, 0.3) is 10.0 Å². The summed E-state index contributed by atoms with van der Waals surface area (Å²) in [5.41, 5.74) is 0.346. The van der Waals surface area contributed by atoms with E-state index in [4.69, 9.17) is 0 Å². The third kappa shape index (κ3) is 3.03. The van der Waals surface area contributed by atoms with E-state index in [1.165, 1.54) is 30.1 Å². The van der Waals surface area contributed by atoms with Crippen molar-refractivity contribution in [2.75, 3.05) is 11.8 Å². The quantitative estimate of drug-likeness (QED) is 0.857. The maximum Gasteiger partial charge on any atom is 0.262 e. The molecule has 0 radical (unpaired) electrons. The maximum absolute atomic E-state index is 12.0. The Labute approximate surface area is 109 Å². The summed E-state index contributed by atoms with van der Waals surface area (Å²) in [6.07, 6.45) is 4.16. The van der Waals surface area contributed by atoms with Gasteiger partial charge in [0, 0.05) is 16.8 Å². The molecule has 0 saturated heterocycles. The standard InChI is InChI=1S/C10H12N4O2S2/c1-11-5-9-2-10(6-17-9)18(15,16)14-8-3-12-7-13-4-8/h2-4,6-7,11,14H,5H2,1H3. The molecule has 0 saturated carbocycles. The first-order valence-electron chi connectivity index (χ1n) is 5.11. The molecule has 0 aliphatic carbocycles. The van der Waals surface area contributed by atoms with Crippen molar-refractivity contribution in [3.63, 3.8) is 0 Å². The van der Waals surface area contributed by atoms with Crippen molar-refractivity contribution >= 4 is 27.0 Å². The van der Waals surface area contributed by atoms with Crippen LogP contribution in [0, 0.1) is 0 Å². The summed E-state index contributed by atoms with van der Waals surface area (Å²) in [4.78, 5) is 8.72. The molecular formula is C10H12N4O2S2. The SMILES string of the molecule is CNCc1cc(S(=O)(=O)Nc2cncnc2)cs1. The Morgan fingerprint density at radius 1 is 1.33 bits per heavy atom. The monoisotopic (exact) mass is 284 g/mol. The largest absolute Gasteiger partial charge is 0.315 e. The summed E-state index contributed by atoms with van der Waals surface area (Å²) in [7, 11) is -1.75. The van der Waals surface area contributed by atoms with E-state index in [0.29, 0.717) is 12.2 Å². The summed E-state index contributed by atoms with van der Waals surface area (Å²) in [5, 5.41) is 4.58. The lowest BCUT2D eigenvalue weighted by molar-refractivity contribution is 0.601. The molecule has 0 unspecified atom stereocenters. The van der Waals surface area contributed by atoms with Crippen LogP contribution in [-0.2, 0) is 16.6 Å². The molecule has 2 aromatic heterocycles. The second-order valence-electron chi connectivity index (χ2n) is 3.51. The number of nitrogens with zero attached hydrogens (tertiary/aromatic N) is 2. The van der Waals surface area contributed by atoms with Crippen LogP contribution < -0.4 is 10.0 Å². The zero-order valence-corrected chi connectivity index (χ0v) is 11.3. The van der Waals surface area contributed by atoms with Gasteiger partial charge >= 0.3 is 0 Å². The predicted molar refractivity (Wildman–Crippen MR) is 69.9 cm³/mol. The number of anilines is 1. The molecule has 2 rings (SSSR count). The summed E-state index contributed by atoms with van der Waals surface area (Å²) in [6.45, 7) is 0.647. The lowest BCUT2D eigenvalue weighted by atomic mass is 10.5. The molecule has 0 spiro atoms. The summed E-state index contributed by atoms with van der Waals surface area (Å²) < 4.78 is 26.5. The molecule has 0 bridgehead atoms. The number of hydrogen-bond acceptors (Lipinski definition) is 6. The summed E-state index contributed by atoms with van der Waals surface area (Å²) >= 11 is 1.40. The molecule has 0 fully saturated rings. The fourth-order valence-corrected chi connectivity index (χ4v) is 3.65. The van der Waals surface area contributed by atoms with Crippen molar-refractivity contribution in [1.29, 1.82) is 0 Å². The fraction of sp³-hybridized carbons (Fsp3) is 0.200. The highest BCUT2D eigenvalue weighted by atomic mass is 32.2.